The molecule has 0 unspecified atom stereocenters. The van der Waals surface area contributed by atoms with Crippen LogP contribution in [-0.2, 0) is 21.2 Å². The number of sulfonamides is 1. The van der Waals surface area contributed by atoms with Crippen molar-refractivity contribution in [1.82, 2.24) is 18.9 Å². The Kier molecular flexibility index (Phi) is 5.82. The first kappa shape index (κ1) is 21.7. The third-order valence-corrected chi connectivity index (χ3v) is 7.13. The second-order valence-electron chi connectivity index (χ2n) is 7.44. The number of H-pyrrole nitrogens is 1. The van der Waals surface area contributed by atoms with E-state index < -0.39 is 10.0 Å². The molecular weight excluding hydrogens is 406 g/mol. The van der Waals surface area contributed by atoms with E-state index in [9.17, 15) is 18.0 Å². The summed E-state index contributed by atoms with van der Waals surface area (Å²) < 4.78 is 27.9. The average molecular weight is 432 g/mol. The number of aromatic amines is 1. The average Bonchev–Trinajstić information content (AvgIpc) is 3.05. The smallest absolute Gasteiger partial charge is 0.266 e. The maximum Gasteiger partial charge on any atom is 0.266 e. The molecule has 0 aliphatic carbocycles. The first-order valence-corrected chi connectivity index (χ1v) is 10.9. The number of hydrogen-bond donors (Lipinski definition) is 2. The zero-order valence-electron chi connectivity index (χ0n) is 17.6. The molecular formula is C20H25N5O4S. The lowest BCUT2D eigenvalue weighted by Gasteiger charge is -2.21. The molecule has 0 fully saturated rings. The third-order valence-electron chi connectivity index (χ3n) is 5.08. The summed E-state index contributed by atoms with van der Waals surface area (Å²) in [5.41, 5.74) is 2.84. The quantitative estimate of drug-likeness (QED) is 0.618. The molecule has 2 aromatic heterocycles. The molecule has 0 atom stereocenters. The van der Waals surface area contributed by atoms with Crippen LogP contribution in [0, 0.1) is 13.8 Å². The Morgan fingerprint density at radius 1 is 1.23 bits per heavy atom. The predicted octanol–water partition coefficient (Wildman–Crippen LogP) is 1.85. The number of aryl methyl sites for hydroxylation is 2. The molecule has 160 valence electrons. The van der Waals surface area contributed by atoms with Crippen molar-refractivity contribution in [2.24, 2.45) is 0 Å². The van der Waals surface area contributed by atoms with Crippen molar-refractivity contribution in [3.8, 4) is 0 Å². The fraction of sp³-hybridized carbons (Fsp3) is 0.350. The van der Waals surface area contributed by atoms with Crippen molar-refractivity contribution >= 4 is 27.3 Å². The number of carbonyl (C=O) groups excluding carboxylic acids is 1. The van der Waals surface area contributed by atoms with Gasteiger partial charge in [0, 0.05) is 41.8 Å². The van der Waals surface area contributed by atoms with E-state index in [0.29, 0.717) is 22.6 Å². The van der Waals surface area contributed by atoms with Gasteiger partial charge in [0.25, 0.3) is 5.56 Å². The van der Waals surface area contributed by atoms with Crippen LogP contribution in [0.3, 0.4) is 0 Å². The van der Waals surface area contributed by atoms with Gasteiger partial charge in [0.1, 0.15) is 0 Å². The van der Waals surface area contributed by atoms with Gasteiger partial charge >= 0.3 is 0 Å². The highest BCUT2D eigenvalue weighted by Crippen LogP contribution is 2.20. The molecule has 1 amide bonds. The molecule has 1 aromatic carbocycles. The number of benzene rings is 1. The van der Waals surface area contributed by atoms with Gasteiger partial charge < -0.3 is 5.32 Å². The van der Waals surface area contributed by atoms with Crippen LogP contribution in [-0.4, -0.2) is 46.3 Å². The monoisotopic (exact) mass is 431 g/mol. The summed E-state index contributed by atoms with van der Waals surface area (Å²) in [4.78, 5) is 28.7. The number of nitrogens with one attached hydrogen (secondary N) is 2. The van der Waals surface area contributed by atoms with Crippen LogP contribution in [0.4, 0.5) is 5.69 Å². The summed E-state index contributed by atoms with van der Waals surface area (Å²) in [6.45, 7) is 7.19. The van der Waals surface area contributed by atoms with E-state index >= 15 is 0 Å². The zero-order chi connectivity index (χ0) is 22.2. The predicted molar refractivity (Wildman–Crippen MR) is 114 cm³/mol. The van der Waals surface area contributed by atoms with Crippen LogP contribution in [0.25, 0.3) is 5.65 Å². The Labute approximate surface area is 174 Å². The van der Waals surface area contributed by atoms with Crippen molar-refractivity contribution in [1.29, 1.82) is 0 Å². The molecule has 2 heterocycles. The zero-order valence-corrected chi connectivity index (χ0v) is 18.4. The molecule has 2 N–H and O–H groups in total. The number of hydrogen-bond acceptors (Lipinski definition) is 5. The van der Waals surface area contributed by atoms with E-state index in [1.54, 1.807) is 37.4 Å². The van der Waals surface area contributed by atoms with Crippen molar-refractivity contribution in [2.75, 3.05) is 12.4 Å². The highest BCUT2D eigenvalue weighted by molar-refractivity contribution is 7.89. The summed E-state index contributed by atoms with van der Waals surface area (Å²) in [6, 6.07) is 7.29. The second kappa shape index (κ2) is 8.04. The first-order chi connectivity index (χ1) is 14.0. The molecule has 30 heavy (non-hydrogen) atoms. The van der Waals surface area contributed by atoms with E-state index in [1.807, 2.05) is 6.92 Å². The highest BCUT2D eigenvalue weighted by atomic mass is 32.2. The normalized spacial score (nSPS) is 12.1. The topological polar surface area (TPSA) is 117 Å². The number of nitrogens with zero attached hydrogens (tertiary/aromatic N) is 3. The van der Waals surface area contributed by atoms with Crippen molar-refractivity contribution in [3.05, 3.63) is 57.6 Å². The molecule has 0 aliphatic rings. The largest absolute Gasteiger partial charge is 0.326 e. The number of anilines is 1. The van der Waals surface area contributed by atoms with E-state index in [0.717, 1.165) is 5.69 Å². The maximum atomic E-state index is 12.6. The fourth-order valence-corrected chi connectivity index (χ4v) is 4.50. The van der Waals surface area contributed by atoms with Gasteiger partial charge in [-0.05, 0) is 52.0 Å². The van der Waals surface area contributed by atoms with Crippen LogP contribution < -0.4 is 10.9 Å². The highest BCUT2D eigenvalue weighted by Gasteiger charge is 2.23. The molecule has 0 aliphatic heterocycles. The minimum atomic E-state index is -3.58. The Morgan fingerprint density at radius 2 is 1.87 bits per heavy atom. The number of rotatable bonds is 6. The van der Waals surface area contributed by atoms with Gasteiger partial charge in [-0.3, -0.25) is 14.7 Å². The summed E-state index contributed by atoms with van der Waals surface area (Å²) in [6.07, 6.45) is 0.0664. The standard InChI is InChI=1S/C20H25N5O4S/c1-12(2)24(5)30(28,29)16-8-6-15(7-9-16)22-19(26)10-17-13(3)21-18-11-20(27)23-25(18)14(17)4/h6-9,11-12H,10H2,1-5H3,(H,22,26)(H,23,27). The van der Waals surface area contributed by atoms with Crippen LogP contribution in [0.15, 0.2) is 40.0 Å². The fourth-order valence-electron chi connectivity index (χ4n) is 3.13. The molecule has 0 bridgehead atoms. The lowest BCUT2D eigenvalue weighted by atomic mass is 10.1. The van der Waals surface area contributed by atoms with Gasteiger partial charge in [0.05, 0.1) is 11.3 Å². The van der Waals surface area contributed by atoms with Crippen LogP contribution in [0.1, 0.15) is 30.8 Å². The van der Waals surface area contributed by atoms with Crippen molar-refractivity contribution in [3.63, 3.8) is 0 Å². The van der Waals surface area contributed by atoms with E-state index in [-0.39, 0.29) is 28.8 Å². The molecule has 0 saturated heterocycles. The summed E-state index contributed by atoms with van der Waals surface area (Å²) >= 11 is 0. The lowest BCUT2D eigenvalue weighted by Crippen LogP contribution is -2.33. The van der Waals surface area contributed by atoms with Gasteiger partial charge in [-0.1, -0.05) is 0 Å². The SMILES string of the molecule is Cc1nc2cc(=O)[nH]n2c(C)c1CC(=O)Nc1ccc(S(=O)(=O)N(C)C(C)C)cc1. The minimum absolute atomic E-state index is 0.0664. The van der Waals surface area contributed by atoms with Crippen molar-refractivity contribution < 1.29 is 13.2 Å². The number of amides is 1. The van der Waals surface area contributed by atoms with Gasteiger partial charge in [-0.15, -0.1) is 0 Å². The maximum absolute atomic E-state index is 12.6. The molecule has 3 rings (SSSR count). The van der Waals surface area contributed by atoms with Gasteiger partial charge in [-0.25, -0.2) is 17.9 Å². The summed E-state index contributed by atoms with van der Waals surface area (Å²) in [5, 5.41) is 5.43. The summed E-state index contributed by atoms with van der Waals surface area (Å²) in [7, 11) is -2.05. The van der Waals surface area contributed by atoms with E-state index in [4.69, 9.17) is 0 Å². The molecule has 0 spiro atoms. The van der Waals surface area contributed by atoms with Gasteiger partial charge in [-0.2, -0.15) is 4.31 Å². The second-order valence-corrected chi connectivity index (χ2v) is 9.44. The Bertz CT molecular complexity index is 1260. The summed E-state index contributed by atoms with van der Waals surface area (Å²) in [5.74, 6) is -0.272. The first-order valence-electron chi connectivity index (χ1n) is 9.46. The van der Waals surface area contributed by atoms with E-state index in [1.165, 1.54) is 29.6 Å². The Balaban J connectivity index is 1.77. The Morgan fingerprint density at radius 3 is 2.47 bits per heavy atom. The van der Waals surface area contributed by atoms with Crippen LogP contribution in [0.5, 0.6) is 0 Å². The third kappa shape index (κ3) is 4.14. The van der Waals surface area contributed by atoms with Gasteiger partial charge in [0.15, 0.2) is 5.65 Å². The Hall–Kier alpha value is -2.98. The van der Waals surface area contributed by atoms with Crippen LogP contribution >= 0.6 is 0 Å². The van der Waals surface area contributed by atoms with Crippen molar-refractivity contribution in [2.45, 2.75) is 45.1 Å². The molecule has 0 radical (unpaired) electrons. The molecule has 0 saturated carbocycles. The minimum Gasteiger partial charge on any atom is -0.326 e. The number of fused-ring (bicyclic) bond motifs is 1. The van der Waals surface area contributed by atoms with Crippen LogP contribution in [0.2, 0.25) is 0 Å². The number of aromatic nitrogens is 3. The van der Waals surface area contributed by atoms with E-state index in [2.05, 4.69) is 15.4 Å². The van der Waals surface area contributed by atoms with Gasteiger partial charge in [0.2, 0.25) is 15.9 Å². The number of carbonyl (C=O) groups is 1. The molecule has 3 aromatic rings. The molecule has 10 heteroatoms. The molecule has 9 nitrogen and oxygen atoms in total. The lowest BCUT2D eigenvalue weighted by molar-refractivity contribution is -0.115.